The number of hydrogen-bond acceptors (Lipinski definition) is 1. The molecule has 0 radical (unpaired) electrons. The first-order chi connectivity index (χ1) is 15.0. The van der Waals surface area contributed by atoms with Gasteiger partial charge in [-0.15, -0.1) is 0 Å². The standard InChI is InChI=1S/C28H48N2O/c1-4-5-6-7-8-9-10-11-12-13-14-15-19-23-28(31)29-24-20-25-30(2,3)26-27-21-17-16-18-22-27/h9-10,16-18,21-22H,4-8,11-15,19-20,23-26H2,1-3H3/p+1. The second kappa shape index (κ2) is 18.0. The van der Waals surface area contributed by atoms with Gasteiger partial charge in [0.2, 0.25) is 5.91 Å². The van der Waals surface area contributed by atoms with Gasteiger partial charge in [-0.1, -0.05) is 87.9 Å². The molecular formula is C28H49N2O+. The third kappa shape index (κ3) is 16.7. The van der Waals surface area contributed by atoms with E-state index in [1.54, 1.807) is 0 Å². The molecule has 0 saturated heterocycles. The molecule has 176 valence electrons. The zero-order valence-electron chi connectivity index (χ0n) is 20.7. The van der Waals surface area contributed by atoms with Gasteiger partial charge in [-0.3, -0.25) is 4.79 Å². The van der Waals surface area contributed by atoms with Crippen molar-refractivity contribution < 1.29 is 9.28 Å². The molecule has 1 amide bonds. The average molecular weight is 430 g/mol. The van der Waals surface area contributed by atoms with Crippen molar-refractivity contribution in [2.45, 2.75) is 96.9 Å². The van der Waals surface area contributed by atoms with Gasteiger partial charge in [0.25, 0.3) is 0 Å². The number of rotatable bonds is 19. The van der Waals surface area contributed by atoms with Crippen molar-refractivity contribution >= 4 is 5.91 Å². The molecular weight excluding hydrogens is 380 g/mol. The summed E-state index contributed by atoms with van der Waals surface area (Å²) < 4.78 is 0.952. The Balaban J connectivity index is 1.92. The van der Waals surface area contributed by atoms with Crippen molar-refractivity contribution in [2.75, 3.05) is 27.2 Å². The summed E-state index contributed by atoms with van der Waals surface area (Å²) in [6.45, 7) is 5.16. The lowest BCUT2D eigenvalue weighted by Crippen LogP contribution is -2.41. The number of nitrogens with zero attached hydrogens (tertiary/aromatic N) is 1. The first-order valence-corrected chi connectivity index (χ1v) is 12.8. The van der Waals surface area contributed by atoms with Crippen LogP contribution in [0.1, 0.15) is 96.0 Å². The van der Waals surface area contributed by atoms with E-state index in [1.165, 1.54) is 69.8 Å². The third-order valence-electron chi connectivity index (χ3n) is 5.88. The van der Waals surface area contributed by atoms with Crippen molar-refractivity contribution in [3.8, 4) is 0 Å². The number of allylic oxidation sites excluding steroid dienone is 2. The molecule has 0 atom stereocenters. The van der Waals surface area contributed by atoms with Gasteiger partial charge >= 0.3 is 0 Å². The maximum Gasteiger partial charge on any atom is 0.219 e. The Hall–Kier alpha value is -1.61. The molecule has 1 aromatic rings. The second-order valence-corrected chi connectivity index (χ2v) is 9.63. The van der Waals surface area contributed by atoms with E-state index in [0.717, 1.165) is 37.0 Å². The van der Waals surface area contributed by atoms with E-state index in [0.29, 0.717) is 6.42 Å². The summed E-state index contributed by atoms with van der Waals surface area (Å²) in [6.07, 6.45) is 20.3. The number of quaternary nitrogens is 1. The van der Waals surface area contributed by atoms with Crippen molar-refractivity contribution in [3.05, 3.63) is 48.0 Å². The highest BCUT2D eigenvalue weighted by atomic mass is 16.1. The summed E-state index contributed by atoms with van der Waals surface area (Å²) in [6, 6.07) is 10.6. The van der Waals surface area contributed by atoms with E-state index in [1.807, 2.05) is 0 Å². The van der Waals surface area contributed by atoms with Crippen molar-refractivity contribution in [1.29, 1.82) is 0 Å². The van der Waals surface area contributed by atoms with Crippen LogP contribution in [0.4, 0.5) is 0 Å². The lowest BCUT2D eigenvalue weighted by atomic mass is 10.1. The summed E-state index contributed by atoms with van der Waals surface area (Å²) in [5.74, 6) is 0.222. The van der Waals surface area contributed by atoms with E-state index >= 15 is 0 Å². The van der Waals surface area contributed by atoms with Crippen LogP contribution in [-0.2, 0) is 11.3 Å². The minimum Gasteiger partial charge on any atom is -0.356 e. The summed E-state index contributed by atoms with van der Waals surface area (Å²) in [5.41, 5.74) is 1.37. The average Bonchev–Trinajstić information content (AvgIpc) is 2.75. The number of carbonyl (C=O) groups excluding carboxylic acids is 1. The van der Waals surface area contributed by atoms with Gasteiger partial charge in [0.1, 0.15) is 6.54 Å². The molecule has 0 saturated carbocycles. The molecule has 0 aliphatic rings. The van der Waals surface area contributed by atoms with Crippen LogP contribution in [0.3, 0.4) is 0 Å². The molecule has 0 aromatic heterocycles. The Morgan fingerprint density at radius 1 is 0.839 bits per heavy atom. The van der Waals surface area contributed by atoms with Crippen LogP contribution in [0.2, 0.25) is 0 Å². The molecule has 1 aromatic carbocycles. The number of unbranched alkanes of at least 4 members (excludes halogenated alkanes) is 9. The van der Waals surface area contributed by atoms with Crippen molar-refractivity contribution in [1.82, 2.24) is 5.32 Å². The molecule has 0 heterocycles. The van der Waals surface area contributed by atoms with E-state index in [4.69, 9.17) is 0 Å². The summed E-state index contributed by atoms with van der Waals surface area (Å²) in [7, 11) is 4.52. The van der Waals surface area contributed by atoms with Gasteiger partial charge < -0.3 is 9.80 Å². The molecule has 31 heavy (non-hydrogen) atoms. The second-order valence-electron chi connectivity index (χ2n) is 9.63. The zero-order valence-corrected chi connectivity index (χ0v) is 20.7. The highest BCUT2D eigenvalue weighted by molar-refractivity contribution is 5.75. The van der Waals surface area contributed by atoms with Crippen molar-refractivity contribution in [2.24, 2.45) is 0 Å². The van der Waals surface area contributed by atoms with Gasteiger partial charge in [-0.25, -0.2) is 0 Å². The monoisotopic (exact) mass is 429 g/mol. The van der Waals surface area contributed by atoms with Crippen LogP contribution in [0.25, 0.3) is 0 Å². The molecule has 3 nitrogen and oxygen atoms in total. The predicted octanol–water partition coefficient (Wildman–Crippen LogP) is 7.03. The Bertz CT molecular complexity index is 580. The summed E-state index contributed by atoms with van der Waals surface area (Å²) in [4.78, 5) is 12.0. The predicted molar refractivity (Wildman–Crippen MR) is 135 cm³/mol. The lowest BCUT2D eigenvalue weighted by molar-refractivity contribution is -0.903. The van der Waals surface area contributed by atoms with Gasteiger partial charge in [0.05, 0.1) is 20.6 Å². The fourth-order valence-corrected chi connectivity index (χ4v) is 3.98. The van der Waals surface area contributed by atoms with E-state index in [9.17, 15) is 4.79 Å². The molecule has 1 N–H and O–H groups in total. The Kier molecular flexibility index (Phi) is 15.9. The first-order valence-electron chi connectivity index (χ1n) is 12.8. The van der Waals surface area contributed by atoms with E-state index < -0.39 is 0 Å². The fourth-order valence-electron chi connectivity index (χ4n) is 3.98. The molecule has 1 rings (SSSR count). The van der Waals surface area contributed by atoms with Gasteiger partial charge in [0.15, 0.2) is 0 Å². The van der Waals surface area contributed by atoms with Crippen LogP contribution in [-0.4, -0.2) is 37.6 Å². The highest BCUT2D eigenvalue weighted by Gasteiger charge is 2.15. The molecule has 0 aliphatic heterocycles. The third-order valence-corrected chi connectivity index (χ3v) is 5.88. The summed E-state index contributed by atoms with van der Waals surface area (Å²) >= 11 is 0. The van der Waals surface area contributed by atoms with Crippen LogP contribution >= 0.6 is 0 Å². The van der Waals surface area contributed by atoms with Crippen LogP contribution in [0, 0.1) is 0 Å². The largest absolute Gasteiger partial charge is 0.356 e. The Morgan fingerprint density at radius 3 is 2.13 bits per heavy atom. The van der Waals surface area contributed by atoms with Gasteiger partial charge in [-0.05, 0) is 32.1 Å². The Morgan fingerprint density at radius 2 is 1.45 bits per heavy atom. The van der Waals surface area contributed by atoms with Crippen LogP contribution < -0.4 is 5.32 Å². The normalized spacial score (nSPS) is 11.8. The maximum atomic E-state index is 12.0. The SMILES string of the molecule is CCCCCCC=CCCCCCCCC(=O)NCCC[N+](C)(C)Cc1ccccc1. The topological polar surface area (TPSA) is 29.1 Å². The van der Waals surface area contributed by atoms with Gasteiger partial charge in [0, 0.05) is 24.9 Å². The highest BCUT2D eigenvalue weighted by Crippen LogP contribution is 2.10. The van der Waals surface area contributed by atoms with Crippen molar-refractivity contribution in [3.63, 3.8) is 0 Å². The Labute approximate surface area is 192 Å². The first kappa shape index (κ1) is 27.4. The smallest absolute Gasteiger partial charge is 0.219 e. The zero-order chi connectivity index (χ0) is 22.6. The quantitative estimate of drug-likeness (QED) is 0.143. The molecule has 0 unspecified atom stereocenters. The lowest BCUT2D eigenvalue weighted by Gasteiger charge is -2.30. The minimum atomic E-state index is 0.222. The number of amides is 1. The molecule has 0 bridgehead atoms. The number of nitrogens with one attached hydrogen (secondary N) is 1. The molecule has 0 fully saturated rings. The minimum absolute atomic E-state index is 0.222. The van der Waals surface area contributed by atoms with E-state index in [-0.39, 0.29) is 5.91 Å². The maximum absolute atomic E-state index is 12.0. The molecule has 0 spiro atoms. The van der Waals surface area contributed by atoms with Crippen LogP contribution in [0.15, 0.2) is 42.5 Å². The van der Waals surface area contributed by atoms with E-state index in [2.05, 4.69) is 68.8 Å². The molecule has 3 heteroatoms. The molecule has 0 aliphatic carbocycles. The van der Waals surface area contributed by atoms with Gasteiger partial charge in [-0.2, -0.15) is 0 Å². The number of carbonyl (C=O) groups is 1. The van der Waals surface area contributed by atoms with Crippen LogP contribution in [0.5, 0.6) is 0 Å². The number of hydrogen-bond donors (Lipinski definition) is 1. The number of benzene rings is 1. The fraction of sp³-hybridized carbons (Fsp3) is 0.679. The summed E-state index contributed by atoms with van der Waals surface area (Å²) in [5, 5.41) is 3.10.